The van der Waals surface area contributed by atoms with Crippen LogP contribution in [0.4, 0.5) is 0 Å². The molecule has 1 aromatic heterocycles. The Bertz CT molecular complexity index is 1100. The topological polar surface area (TPSA) is 63.9 Å². The van der Waals surface area contributed by atoms with E-state index in [1.165, 1.54) is 0 Å². The lowest BCUT2D eigenvalue weighted by atomic mass is 9.85. The monoisotopic (exact) mass is 415 g/mol. The molecule has 2 aromatic rings. The summed E-state index contributed by atoms with van der Waals surface area (Å²) >= 11 is 0. The molecule has 4 atom stereocenters. The van der Waals surface area contributed by atoms with Crippen molar-refractivity contribution in [2.75, 3.05) is 6.61 Å². The molecule has 1 aromatic carbocycles. The Morgan fingerprint density at radius 2 is 1.74 bits per heavy atom. The highest BCUT2D eigenvalue weighted by Crippen LogP contribution is 2.52. The summed E-state index contributed by atoms with van der Waals surface area (Å²) in [4.78, 5) is 25.7. The fourth-order valence-corrected chi connectivity index (χ4v) is 5.28. The number of ether oxygens (including phenoxy) is 1. The molecular formula is C25H25N3O3. The SMILES string of the molecule is C=CCOc1ccc(-n2c(C)cc(C=NN3C(=O)C4C5C=CC(C5)C4C3=O)c2C)cc1. The third-order valence-electron chi connectivity index (χ3n) is 6.69. The van der Waals surface area contributed by atoms with Crippen LogP contribution in [0, 0.1) is 37.5 Å². The van der Waals surface area contributed by atoms with E-state index in [9.17, 15) is 9.59 Å². The van der Waals surface area contributed by atoms with E-state index in [0.717, 1.165) is 39.8 Å². The van der Waals surface area contributed by atoms with Crippen LogP contribution in [0.5, 0.6) is 5.75 Å². The largest absolute Gasteiger partial charge is 0.490 e. The van der Waals surface area contributed by atoms with Crippen LogP contribution in [0.3, 0.4) is 0 Å². The van der Waals surface area contributed by atoms with Gasteiger partial charge in [-0.1, -0.05) is 24.8 Å². The van der Waals surface area contributed by atoms with Crippen LogP contribution in [-0.4, -0.2) is 34.2 Å². The molecule has 0 N–H and O–H groups in total. The van der Waals surface area contributed by atoms with Crippen LogP contribution in [0.1, 0.15) is 23.4 Å². The first-order valence-corrected chi connectivity index (χ1v) is 10.6. The minimum atomic E-state index is -0.228. The summed E-state index contributed by atoms with van der Waals surface area (Å²) in [7, 11) is 0. The molecule has 2 aliphatic carbocycles. The van der Waals surface area contributed by atoms with Crippen LogP contribution >= 0.6 is 0 Å². The molecule has 6 nitrogen and oxygen atoms in total. The van der Waals surface area contributed by atoms with Gasteiger partial charge in [-0.2, -0.15) is 10.1 Å². The molecule has 1 aliphatic heterocycles. The number of carbonyl (C=O) groups excluding carboxylic acids is 2. The Balaban J connectivity index is 1.38. The van der Waals surface area contributed by atoms with Gasteiger partial charge in [0.25, 0.3) is 11.8 Å². The molecule has 2 bridgehead atoms. The molecule has 4 unspecified atom stereocenters. The summed E-state index contributed by atoms with van der Waals surface area (Å²) < 4.78 is 7.67. The number of hydrogen-bond donors (Lipinski definition) is 0. The van der Waals surface area contributed by atoms with Gasteiger partial charge in [-0.25, -0.2) is 0 Å². The second-order valence-corrected chi connectivity index (χ2v) is 8.49. The van der Waals surface area contributed by atoms with E-state index in [4.69, 9.17) is 4.74 Å². The van der Waals surface area contributed by atoms with E-state index in [0.29, 0.717) is 6.61 Å². The molecule has 0 spiro atoms. The number of aromatic nitrogens is 1. The van der Waals surface area contributed by atoms with Crippen molar-refractivity contribution >= 4 is 18.0 Å². The number of amides is 2. The van der Waals surface area contributed by atoms with Crippen LogP contribution in [-0.2, 0) is 9.59 Å². The van der Waals surface area contributed by atoms with Gasteiger partial charge < -0.3 is 9.30 Å². The fourth-order valence-electron chi connectivity index (χ4n) is 5.28. The van der Waals surface area contributed by atoms with Crippen LogP contribution in [0.25, 0.3) is 5.69 Å². The van der Waals surface area contributed by atoms with E-state index in [-0.39, 0.29) is 35.5 Å². The second kappa shape index (κ2) is 7.38. The van der Waals surface area contributed by atoms with Gasteiger partial charge in [0, 0.05) is 22.6 Å². The summed E-state index contributed by atoms with van der Waals surface area (Å²) in [5, 5.41) is 5.43. The van der Waals surface area contributed by atoms with Crippen molar-refractivity contribution in [2.45, 2.75) is 20.3 Å². The number of benzene rings is 1. The van der Waals surface area contributed by atoms with Crippen LogP contribution < -0.4 is 4.74 Å². The van der Waals surface area contributed by atoms with Gasteiger partial charge in [0.15, 0.2) is 0 Å². The highest BCUT2D eigenvalue weighted by Gasteiger charge is 2.59. The molecule has 2 heterocycles. The van der Waals surface area contributed by atoms with Crippen molar-refractivity contribution in [2.24, 2.45) is 28.8 Å². The minimum Gasteiger partial charge on any atom is -0.490 e. The summed E-state index contributed by atoms with van der Waals surface area (Å²) in [6.45, 7) is 8.15. The average Bonchev–Trinajstić information content (AvgIpc) is 3.50. The summed E-state index contributed by atoms with van der Waals surface area (Å²) in [5.41, 5.74) is 3.91. The quantitative estimate of drug-likeness (QED) is 0.410. The molecular weight excluding hydrogens is 390 g/mol. The van der Waals surface area contributed by atoms with Gasteiger partial charge in [0.2, 0.25) is 0 Å². The van der Waals surface area contributed by atoms with Crippen molar-refractivity contribution in [1.29, 1.82) is 0 Å². The van der Waals surface area contributed by atoms with Gasteiger partial charge in [-0.15, -0.1) is 0 Å². The second-order valence-electron chi connectivity index (χ2n) is 8.49. The van der Waals surface area contributed by atoms with Gasteiger partial charge in [-0.3, -0.25) is 9.59 Å². The summed E-state index contributed by atoms with van der Waals surface area (Å²) in [6.07, 6.45) is 8.44. The molecule has 1 saturated heterocycles. The minimum absolute atomic E-state index is 0.160. The number of nitrogens with zero attached hydrogens (tertiary/aromatic N) is 3. The predicted molar refractivity (Wildman–Crippen MR) is 118 cm³/mol. The average molecular weight is 415 g/mol. The standard InChI is InChI=1S/C25H25N3O3/c1-4-11-31-21-9-7-20(8-10-21)27-15(2)12-19(16(27)3)14-26-28-24(29)22-17-5-6-18(13-17)23(22)25(28)30/h4-10,12,14,17-18,22-23H,1,11,13H2,2-3H3. The normalized spacial score (nSPS) is 26.3. The van der Waals surface area contributed by atoms with Crippen molar-refractivity contribution in [3.8, 4) is 11.4 Å². The maximum Gasteiger partial charge on any atom is 0.254 e. The van der Waals surface area contributed by atoms with Crippen molar-refractivity contribution in [3.63, 3.8) is 0 Å². The number of allylic oxidation sites excluding steroid dienone is 2. The molecule has 0 radical (unpaired) electrons. The third-order valence-corrected chi connectivity index (χ3v) is 6.69. The molecule has 3 aliphatic rings. The lowest BCUT2D eigenvalue weighted by Gasteiger charge is -2.13. The van der Waals surface area contributed by atoms with E-state index in [1.807, 2.05) is 44.2 Å². The van der Waals surface area contributed by atoms with Gasteiger partial charge in [-0.05, 0) is 62.4 Å². The zero-order valence-electron chi connectivity index (χ0n) is 17.7. The van der Waals surface area contributed by atoms with Crippen LogP contribution in [0.2, 0.25) is 0 Å². The van der Waals surface area contributed by atoms with Crippen LogP contribution in [0.15, 0.2) is 60.2 Å². The molecule has 6 heteroatoms. The predicted octanol–water partition coefficient (Wildman–Crippen LogP) is 3.80. The van der Waals surface area contributed by atoms with E-state index in [2.05, 4.69) is 28.4 Å². The number of rotatable bonds is 6. The number of carbonyl (C=O) groups is 2. The first-order chi connectivity index (χ1) is 15.0. The van der Waals surface area contributed by atoms with Crippen molar-refractivity contribution < 1.29 is 14.3 Å². The van der Waals surface area contributed by atoms with Crippen molar-refractivity contribution in [1.82, 2.24) is 9.58 Å². The Morgan fingerprint density at radius 3 is 2.35 bits per heavy atom. The number of hydrazone groups is 1. The smallest absolute Gasteiger partial charge is 0.254 e. The summed E-state index contributed by atoms with van der Waals surface area (Å²) in [6, 6.07) is 9.86. The van der Waals surface area contributed by atoms with Gasteiger partial charge >= 0.3 is 0 Å². The lowest BCUT2D eigenvalue weighted by molar-refractivity contribution is -0.140. The maximum absolute atomic E-state index is 12.8. The first-order valence-electron chi connectivity index (χ1n) is 10.6. The Morgan fingerprint density at radius 1 is 1.10 bits per heavy atom. The molecule has 1 saturated carbocycles. The van der Waals surface area contributed by atoms with Gasteiger partial charge in [0.1, 0.15) is 12.4 Å². The lowest BCUT2D eigenvalue weighted by Crippen LogP contribution is -2.28. The Labute approximate surface area is 181 Å². The Hall–Kier alpha value is -3.41. The van der Waals surface area contributed by atoms with Crippen molar-refractivity contribution in [3.05, 3.63) is 72.1 Å². The van der Waals surface area contributed by atoms with E-state index >= 15 is 0 Å². The molecule has 2 fully saturated rings. The third kappa shape index (κ3) is 3.05. The molecule has 5 rings (SSSR count). The first kappa shape index (κ1) is 19.5. The highest BCUT2D eigenvalue weighted by atomic mass is 16.5. The number of aryl methyl sites for hydroxylation is 1. The maximum atomic E-state index is 12.8. The molecule has 2 amide bonds. The fraction of sp³-hybridized carbons (Fsp3) is 0.320. The van der Waals surface area contributed by atoms with Gasteiger partial charge in [0.05, 0.1) is 18.1 Å². The number of fused-ring (bicyclic) bond motifs is 5. The summed E-state index contributed by atoms with van der Waals surface area (Å²) in [5.74, 6) is 0.389. The molecule has 31 heavy (non-hydrogen) atoms. The number of imide groups is 1. The number of hydrogen-bond acceptors (Lipinski definition) is 4. The highest BCUT2D eigenvalue weighted by molar-refractivity contribution is 6.06. The zero-order valence-corrected chi connectivity index (χ0v) is 17.7. The Kier molecular flexibility index (Phi) is 4.65. The molecule has 158 valence electrons. The zero-order chi connectivity index (χ0) is 21.7. The van der Waals surface area contributed by atoms with E-state index < -0.39 is 0 Å². The van der Waals surface area contributed by atoms with E-state index in [1.54, 1.807) is 12.3 Å².